The number of aliphatic hydroxyl groups excluding tert-OH is 3. The number of hydrogen-bond acceptors (Lipinski definition) is 13. The van der Waals surface area contributed by atoms with Crippen molar-refractivity contribution in [2.75, 3.05) is 26.4 Å². The Bertz CT molecular complexity index is 2820. The predicted molar refractivity (Wildman–Crippen MR) is 283 cm³/mol. The molecule has 0 amide bonds. The first kappa shape index (κ1) is 49.5. The third-order valence-electron chi connectivity index (χ3n) is 28.6. The Hall–Kier alpha value is -3.07. The molecule has 16 aliphatic rings. The van der Waals surface area contributed by atoms with Gasteiger partial charge in [-0.25, -0.2) is 4.79 Å². The van der Waals surface area contributed by atoms with E-state index >= 15 is 14.4 Å². The number of carbonyl (C=O) groups excluding carboxylic acids is 3. The highest BCUT2D eigenvalue weighted by molar-refractivity contribution is 5.94. The van der Waals surface area contributed by atoms with Gasteiger partial charge in [-0.1, -0.05) is 65.0 Å². The molecule has 13 nitrogen and oxygen atoms in total. The van der Waals surface area contributed by atoms with Gasteiger partial charge in [-0.2, -0.15) is 0 Å². The number of rotatable bonds is 7. The summed E-state index contributed by atoms with van der Waals surface area (Å²) < 4.78 is 35.8. The molecule has 5 saturated heterocycles. The van der Waals surface area contributed by atoms with Crippen molar-refractivity contribution in [1.29, 1.82) is 0 Å². The molecule has 1 aromatic heterocycles. The number of ether oxygens (including phenoxy) is 4. The number of nitrogens with zero attached hydrogens (tertiary/aromatic N) is 1. The van der Waals surface area contributed by atoms with Crippen LogP contribution in [0.4, 0.5) is 0 Å². The van der Waals surface area contributed by atoms with Gasteiger partial charge in [-0.3, -0.25) is 14.9 Å². The van der Waals surface area contributed by atoms with Gasteiger partial charge in [0.2, 0.25) is 0 Å². The molecule has 7 aliphatic heterocycles. The first-order valence-electron chi connectivity index (χ1n) is 31.7. The van der Waals surface area contributed by atoms with Gasteiger partial charge in [0.1, 0.15) is 35.8 Å². The molecule has 26 atom stereocenters. The van der Waals surface area contributed by atoms with E-state index in [4.69, 9.17) is 23.4 Å². The highest BCUT2D eigenvalue weighted by Crippen LogP contribution is 2.89. The van der Waals surface area contributed by atoms with Gasteiger partial charge in [0, 0.05) is 41.3 Å². The summed E-state index contributed by atoms with van der Waals surface area (Å²) >= 11 is 0. The molecule has 14 fully saturated rings. The van der Waals surface area contributed by atoms with Crippen LogP contribution >= 0.6 is 0 Å². The largest absolute Gasteiger partial charge is 0.469 e. The molecule has 5 spiro atoms. The number of Topliss-reactive ketones (excluding diaryl/α,β-unsaturated/α-hetero) is 1. The summed E-state index contributed by atoms with van der Waals surface area (Å²) in [5.41, 5.74) is -5.02. The van der Waals surface area contributed by atoms with Gasteiger partial charge in [0.15, 0.2) is 11.9 Å². The Morgan fingerprint density at radius 1 is 0.897 bits per heavy atom. The lowest BCUT2D eigenvalue weighted by molar-refractivity contribution is -0.281. The van der Waals surface area contributed by atoms with Crippen LogP contribution < -0.4 is 5.32 Å². The van der Waals surface area contributed by atoms with Crippen LogP contribution in [0.5, 0.6) is 0 Å². The van der Waals surface area contributed by atoms with E-state index in [0.717, 1.165) is 88.9 Å². The lowest BCUT2D eigenvalue weighted by Crippen LogP contribution is -2.80. The maximum atomic E-state index is 16.7. The molecule has 0 radical (unpaired) electrons. The fraction of sp³-hybridized carbons (Fsp3) is 0.831. The van der Waals surface area contributed by atoms with Crippen molar-refractivity contribution < 1.29 is 53.1 Å². The highest BCUT2D eigenvalue weighted by Gasteiger charge is 2.97. The second kappa shape index (κ2) is 16.0. The molecule has 8 heterocycles. The van der Waals surface area contributed by atoms with E-state index in [0.29, 0.717) is 54.2 Å². The molecule has 4 N–H and O–H groups in total. The van der Waals surface area contributed by atoms with Crippen molar-refractivity contribution in [3.8, 4) is 0 Å². The third kappa shape index (κ3) is 5.54. The first-order valence-corrected chi connectivity index (χ1v) is 31.7. The number of fused-ring (bicyclic) bond motifs is 6. The lowest BCUT2D eigenvalue weighted by Gasteiger charge is -2.70. The maximum Gasteiger partial charge on any atom is 0.339 e. The minimum Gasteiger partial charge on any atom is -0.469 e. The van der Waals surface area contributed by atoms with Crippen LogP contribution in [0.3, 0.4) is 0 Å². The summed E-state index contributed by atoms with van der Waals surface area (Å²) in [7, 11) is 0. The number of esters is 2. The van der Waals surface area contributed by atoms with E-state index < -0.39 is 80.7 Å². The zero-order valence-corrected chi connectivity index (χ0v) is 46.7. The monoisotopic (exact) mass is 1070 g/mol. The number of aliphatic hydroxyl groups is 3. The molecule has 9 saturated carbocycles. The van der Waals surface area contributed by atoms with E-state index in [2.05, 4.69) is 56.3 Å². The summed E-state index contributed by atoms with van der Waals surface area (Å²) in [4.78, 5) is 49.9. The molecule has 13 heteroatoms. The van der Waals surface area contributed by atoms with Crippen molar-refractivity contribution in [3.63, 3.8) is 0 Å². The van der Waals surface area contributed by atoms with E-state index in [1.807, 2.05) is 6.07 Å². The molecular weight excluding hydrogens is 985 g/mol. The van der Waals surface area contributed by atoms with Gasteiger partial charge in [-0.05, 0) is 184 Å². The SMILES string of the molecule is C[C@@H]1[C@@H]2CCCC[C@@H]2CC[C@H]1[C@@H]1C=C2C[C@@H]3CC4(CCCC4)C[C@]34C[C@H]3C[C@@]5(C)[C@H](c6ccoc6C[C@@H]([C@H]6CC[C@@H]7[C@H](C=CN8CNC[C@@H]78)C6)[C@H](O)CO)OC(=O)[C@H]6O[C@]65[C@]5(C)[C@H](O)C(=O)[C@@H]6[C@@]1(C)O[C@]21[C@H]4C(=O)OC[C@@]61[C@@H]35. The summed E-state index contributed by atoms with van der Waals surface area (Å²) in [6.07, 6.45) is 24.2. The number of epoxide rings is 1. The number of furan rings is 1. The Balaban J connectivity index is 0.810. The number of carbonyl (C=O) groups is 3. The number of hydrogen-bond donors (Lipinski definition) is 4. The average molecular weight is 1070 g/mol. The Labute approximate surface area is 460 Å². The molecule has 0 aromatic carbocycles. The normalized spacial score (nSPS) is 55.5. The van der Waals surface area contributed by atoms with Crippen molar-refractivity contribution >= 4 is 17.7 Å². The van der Waals surface area contributed by atoms with Crippen LogP contribution in [0.25, 0.3) is 0 Å². The molecule has 5 bridgehead atoms. The van der Waals surface area contributed by atoms with Crippen LogP contribution in [-0.4, -0.2) is 106 Å². The van der Waals surface area contributed by atoms with Crippen LogP contribution in [0, 0.1) is 110 Å². The summed E-state index contributed by atoms with van der Waals surface area (Å²) in [6, 6.07) is 2.41. The van der Waals surface area contributed by atoms with Crippen molar-refractivity contribution in [2.45, 2.75) is 197 Å². The van der Waals surface area contributed by atoms with Gasteiger partial charge in [0.05, 0.1) is 48.5 Å². The fourth-order valence-electron chi connectivity index (χ4n) is 26.4. The Morgan fingerprint density at radius 3 is 2.55 bits per heavy atom. The third-order valence-corrected chi connectivity index (χ3v) is 28.6. The maximum absolute atomic E-state index is 16.7. The van der Waals surface area contributed by atoms with E-state index in [-0.39, 0.29) is 65.9 Å². The predicted octanol–water partition coefficient (Wildman–Crippen LogP) is 8.39. The second-order valence-electron chi connectivity index (χ2n) is 30.8. The van der Waals surface area contributed by atoms with Crippen molar-refractivity contribution in [1.82, 2.24) is 10.2 Å². The van der Waals surface area contributed by atoms with Crippen molar-refractivity contribution in [2.24, 2.45) is 110 Å². The number of cyclic esters (lactones) is 2. The topological polar surface area (TPSA) is 181 Å². The number of allylic oxidation sites excluding steroid dienone is 1. The first-order chi connectivity index (χ1) is 37.5. The minimum absolute atomic E-state index is 0.0544. The summed E-state index contributed by atoms with van der Waals surface area (Å²) in [5, 5.41) is 39.9. The molecule has 1 aromatic rings. The lowest BCUT2D eigenvalue weighted by atomic mass is 9.32. The molecule has 78 heavy (non-hydrogen) atoms. The Morgan fingerprint density at radius 2 is 1.72 bits per heavy atom. The number of ketones is 1. The van der Waals surface area contributed by atoms with Crippen LogP contribution in [-0.2, 0) is 39.8 Å². The van der Waals surface area contributed by atoms with Gasteiger partial charge in [-0.15, -0.1) is 0 Å². The van der Waals surface area contributed by atoms with E-state index in [1.54, 1.807) is 6.26 Å². The molecule has 422 valence electrons. The minimum atomic E-state index is -1.49. The molecule has 0 unspecified atom stereocenters. The standard InChI is InChI=1S/C65H86N2O11/c1-33-40-10-6-5-9-34(40)11-13-41(33)45-23-38-22-39-27-61(17-7-8-18-61)30-62(39)26-37-25-58(2)54(43-16-20-74-48(43)24-44(47(69)29-68)35-12-14-42-36(21-35)15-19-67-32-66-28-46(42)67)76-57(73)55-65(58,77-55)59(3)50(37)63-31-75-56(72)52(62)64(38,63)78-60(45,4)51(63)49(70)53(59)71/h15-16,19-20,23,33-37,39-42,44-47,50-55,66,68-69,71H,5-14,17-18,21-22,24-32H2,1-4H3/t33-,34-,35+,36-,37-,39-,40+,41-,42-,44+,45+,46+,47-,50+,51-,52+,53-,54+,55-,58+,59+,60+,62-,63-,64+,65-/m1/s1. The molecule has 9 aliphatic carbocycles. The van der Waals surface area contributed by atoms with Gasteiger partial charge in [0.25, 0.3) is 0 Å². The van der Waals surface area contributed by atoms with E-state index in [9.17, 15) is 15.3 Å². The van der Waals surface area contributed by atoms with Crippen LogP contribution in [0.15, 0.2) is 40.7 Å². The summed E-state index contributed by atoms with van der Waals surface area (Å²) in [5.74, 6) is 0.983. The van der Waals surface area contributed by atoms with Gasteiger partial charge >= 0.3 is 11.9 Å². The van der Waals surface area contributed by atoms with Crippen LogP contribution in [0.2, 0.25) is 0 Å². The average Bonchev–Trinajstić information content (AvgIpc) is 1.79. The fourth-order valence-corrected chi connectivity index (χ4v) is 26.4. The quantitative estimate of drug-likeness (QED) is 0.116. The zero-order chi connectivity index (χ0) is 53.1. The highest BCUT2D eigenvalue weighted by atomic mass is 16.7. The van der Waals surface area contributed by atoms with Crippen molar-refractivity contribution in [3.05, 3.63) is 47.6 Å². The Kier molecular flexibility index (Phi) is 10.1. The second-order valence-corrected chi connectivity index (χ2v) is 30.8. The summed E-state index contributed by atoms with van der Waals surface area (Å²) in [6.45, 7) is 10.6. The van der Waals surface area contributed by atoms with Gasteiger partial charge < -0.3 is 43.6 Å². The molecular formula is C65H86N2O11. The number of nitrogens with one attached hydrogen (secondary N) is 1. The van der Waals surface area contributed by atoms with Crippen LogP contribution in [0.1, 0.15) is 161 Å². The molecule has 17 rings (SSSR count). The van der Waals surface area contributed by atoms with E-state index in [1.165, 1.54) is 50.5 Å². The zero-order valence-electron chi connectivity index (χ0n) is 46.7. The smallest absolute Gasteiger partial charge is 0.339 e.